The molecular formula is C16H25NO4. The fourth-order valence-electron chi connectivity index (χ4n) is 2.13. The van der Waals surface area contributed by atoms with E-state index >= 15 is 0 Å². The molecule has 0 radical (unpaired) electrons. The van der Waals surface area contributed by atoms with Gasteiger partial charge in [-0.1, -0.05) is 32.9 Å². The highest BCUT2D eigenvalue weighted by molar-refractivity contribution is 5.90. The Labute approximate surface area is 125 Å². The molecule has 0 saturated heterocycles. The van der Waals surface area contributed by atoms with Crippen LogP contribution in [0.15, 0.2) is 24.3 Å². The van der Waals surface area contributed by atoms with Gasteiger partial charge >= 0.3 is 5.97 Å². The molecule has 1 unspecified atom stereocenters. The molecule has 0 amide bonds. The van der Waals surface area contributed by atoms with Crippen molar-refractivity contribution in [2.45, 2.75) is 33.2 Å². The molecule has 1 rings (SSSR count). The smallest absolute Gasteiger partial charge is 0.339 e. The Morgan fingerprint density at radius 3 is 2.57 bits per heavy atom. The van der Waals surface area contributed by atoms with Crippen LogP contribution in [0.4, 0.5) is 0 Å². The molecule has 0 aliphatic heterocycles. The topological polar surface area (TPSA) is 78.8 Å². The van der Waals surface area contributed by atoms with Crippen molar-refractivity contribution >= 4 is 5.97 Å². The second-order valence-corrected chi connectivity index (χ2v) is 6.03. The number of rotatable bonds is 8. The second kappa shape index (κ2) is 8.00. The number of aliphatic hydroxyl groups is 1. The van der Waals surface area contributed by atoms with Gasteiger partial charge in [0.1, 0.15) is 17.9 Å². The molecule has 0 spiro atoms. The molecule has 0 aliphatic carbocycles. The summed E-state index contributed by atoms with van der Waals surface area (Å²) in [7, 11) is 0. The predicted molar refractivity (Wildman–Crippen MR) is 81.8 cm³/mol. The van der Waals surface area contributed by atoms with Gasteiger partial charge in [-0.2, -0.15) is 0 Å². The SMILES string of the molecule is CC(C)(C)C(CCO)NCCOc1ccccc1C(=O)O. The van der Waals surface area contributed by atoms with Crippen molar-refractivity contribution in [1.29, 1.82) is 0 Å². The number of aliphatic hydroxyl groups excluding tert-OH is 1. The van der Waals surface area contributed by atoms with Crippen LogP contribution in [0.5, 0.6) is 5.75 Å². The summed E-state index contributed by atoms with van der Waals surface area (Å²) in [5.41, 5.74) is 0.210. The van der Waals surface area contributed by atoms with Crippen molar-refractivity contribution in [2.24, 2.45) is 5.41 Å². The van der Waals surface area contributed by atoms with Crippen molar-refractivity contribution < 1.29 is 19.7 Å². The number of carboxylic acids is 1. The standard InChI is InChI=1S/C16H25NO4/c1-16(2,3)14(8-10-18)17-9-11-21-13-7-5-4-6-12(13)15(19)20/h4-7,14,17-18H,8-11H2,1-3H3,(H,19,20). The molecule has 0 bridgehead atoms. The Morgan fingerprint density at radius 2 is 2.00 bits per heavy atom. The first-order chi connectivity index (χ1) is 9.86. The van der Waals surface area contributed by atoms with Gasteiger partial charge < -0.3 is 20.3 Å². The van der Waals surface area contributed by atoms with E-state index in [2.05, 4.69) is 26.1 Å². The van der Waals surface area contributed by atoms with Crippen LogP contribution in [-0.2, 0) is 0 Å². The minimum Gasteiger partial charge on any atom is -0.491 e. The zero-order valence-corrected chi connectivity index (χ0v) is 12.9. The van der Waals surface area contributed by atoms with E-state index in [-0.39, 0.29) is 23.6 Å². The zero-order chi connectivity index (χ0) is 15.9. The summed E-state index contributed by atoms with van der Waals surface area (Å²) in [5.74, 6) is -0.618. The highest BCUT2D eigenvalue weighted by Gasteiger charge is 2.23. The van der Waals surface area contributed by atoms with Gasteiger partial charge in [0.2, 0.25) is 0 Å². The average Bonchev–Trinajstić information content (AvgIpc) is 2.41. The van der Waals surface area contributed by atoms with Crippen LogP contribution >= 0.6 is 0 Å². The van der Waals surface area contributed by atoms with Crippen LogP contribution in [0.1, 0.15) is 37.6 Å². The van der Waals surface area contributed by atoms with Gasteiger partial charge in [0, 0.05) is 19.2 Å². The summed E-state index contributed by atoms with van der Waals surface area (Å²) in [6, 6.07) is 6.78. The monoisotopic (exact) mass is 295 g/mol. The van der Waals surface area contributed by atoms with Gasteiger partial charge in [0.15, 0.2) is 0 Å². The average molecular weight is 295 g/mol. The molecule has 118 valence electrons. The summed E-state index contributed by atoms with van der Waals surface area (Å²) in [6.07, 6.45) is 0.676. The Kier molecular flexibility index (Phi) is 6.65. The molecular weight excluding hydrogens is 270 g/mol. The van der Waals surface area contributed by atoms with Crippen LogP contribution in [-0.4, -0.2) is 42.0 Å². The lowest BCUT2D eigenvalue weighted by Gasteiger charge is -2.31. The number of carboxylic acid groups (broad SMARTS) is 1. The normalized spacial score (nSPS) is 13.0. The van der Waals surface area contributed by atoms with Gasteiger partial charge in [-0.25, -0.2) is 4.79 Å². The van der Waals surface area contributed by atoms with Crippen molar-refractivity contribution in [3.63, 3.8) is 0 Å². The van der Waals surface area contributed by atoms with Gasteiger partial charge in [0.05, 0.1) is 0 Å². The Balaban J connectivity index is 2.49. The number of benzene rings is 1. The molecule has 0 aromatic heterocycles. The lowest BCUT2D eigenvalue weighted by Crippen LogP contribution is -2.42. The largest absolute Gasteiger partial charge is 0.491 e. The number of ether oxygens (including phenoxy) is 1. The van der Waals surface area contributed by atoms with Crippen LogP contribution < -0.4 is 10.1 Å². The van der Waals surface area contributed by atoms with E-state index in [0.717, 1.165) is 0 Å². The van der Waals surface area contributed by atoms with E-state index in [0.29, 0.717) is 25.3 Å². The maximum Gasteiger partial charge on any atom is 0.339 e. The molecule has 0 fully saturated rings. The maximum absolute atomic E-state index is 11.1. The van der Waals surface area contributed by atoms with E-state index in [4.69, 9.17) is 14.9 Å². The van der Waals surface area contributed by atoms with Crippen molar-refractivity contribution in [1.82, 2.24) is 5.32 Å². The van der Waals surface area contributed by atoms with E-state index in [1.54, 1.807) is 18.2 Å². The van der Waals surface area contributed by atoms with Crippen LogP contribution in [0.2, 0.25) is 0 Å². The molecule has 1 aromatic carbocycles. The van der Waals surface area contributed by atoms with Crippen molar-refractivity contribution in [3.8, 4) is 5.75 Å². The lowest BCUT2D eigenvalue weighted by atomic mass is 9.85. The molecule has 5 heteroatoms. The molecule has 3 N–H and O–H groups in total. The lowest BCUT2D eigenvalue weighted by molar-refractivity contribution is 0.0692. The number of para-hydroxylation sites is 1. The number of nitrogens with one attached hydrogen (secondary N) is 1. The van der Waals surface area contributed by atoms with E-state index in [1.165, 1.54) is 6.07 Å². The highest BCUT2D eigenvalue weighted by atomic mass is 16.5. The Morgan fingerprint density at radius 1 is 1.33 bits per heavy atom. The second-order valence-electron chi connectivity index (χ2n) is 6.03. The molecule has 21 heavy (non-hydrogen) atoms. The van der Waals surface area contributed by atoms with Crippen LogP contribution in [0.3, 0.4) is 0 Å². The summed E-state index contributed by atoms with van der Waals surface area (Å²) in [4.78, 5) is 11.1. The van der Waals surface area contributed by atoms with Gasteiger partial charge in [0.25, 0.3) is 0 Å². The highest BCUT2D eigenvalue weighted by Crippen LogP contribution is 2.21. The van der Waals surface area contributed by atoms with E-state index in [1.807, 2.05) is 0 Å². The minimum atomic E-state index is -0.994. The molecule has 1 atom stereocenters. The summed E-state index contributed by atoms with van der Waals surface area (Å²) < 4.78 is 5.53. The zero-order valence-electron chi connectivity index (χ0n) is 12.9. The predicted octanol–water partition coefficient (Wildman–Crippen LogP) is 2.15. The first-order valence-corrected chi connectivity index (χ1v) is 7.15. The fourth-order valence-corrected chi connectivity index (χ4v) is 2.13. The number of carbonyl (C=O) groups is 1. The van der Waals surface area contributed by atoms with E-state index in [9.17, 15) is 4.79 Å². The minimum absolute atomic E-state index is 0.0434. The van der Waals surface area contributed by atoms with E-state index < -0.39 is 5.97 Å². The molecule has 0 saturated carbocycles. The summed E-state index contributed by atoms with van der Waals surface area (Å²) >= 11 is 0. The van der Waals surface area contributed by atoms with Gasteiger partial charge in [-0.3, -0.25) is 0 Å². The molecule has 1 aromatic rings. The third kappa shape index (κ3) is 5.73. The summed E-state index contributed by atoms with van der Waals surface area (Å²) in [6.45, 7) is 7.44. The number of hydrogen-bond acceptors (Lipinski definition) is 4. The van der Waals surface area contributed by atoms with Crippen LogP contribution in [0.25, 0.3) is 0 Å². The van der Waals surface area contributed by atoms with Gasteiger partial charge in [-0.15, -0.1) is 0 Å². The number of aromatic carboxylic acids is 1. The molecule has 0 heterocycles. The first-order valence-electron chi connectivity index (χ1n) is 7.15. The third-order valence-corrected chi connectivity index (χ3v) is 3.33. The molecule has 5 nitrogen and oxygen atoms in total. The third-order valence-electron chi connectivity index (χ3n) is 3.33. The quantitative estimate of drug-likeness (QED) is 0.640. The Bertz CT molecular complexity index is 454. The Hall–Kier alpha value is -1.59. The van der Waals surface area contributed by atoms with Crippen molar-refractivity contribution in [3.05, 3.63) is 29.8 Å². The maximum atomic E-state index is 11.1. The van der Waals surface area contributed by atoms with Crippen molar-refractivity contribution in [2.75, 3.05) is 19.8 Å². The first kappa shape index (κ1) is 17.5. The van der Waals surface area contributed by atoms with Gasteiger partial charge in [-0.05, 0) is 24.0 Å². The number of hydrogen-bond donors (Lipinski definition) is 3. The molecule has 0 aliphatic rings. The fraction of sp³-hybridized carbons (Fsp3) is 0.562. The van der Waals surface area contributed by atoms with Crippen LogP contribution in [0, 0.1) is 5.41 Å². The summed E-state index contributed by atoms with van der Waals surface area (Å²) in [5, 5.41) is 21.5.